The number of carbonyl (C=O) groups excluding carboxylic acids is 6. The zero-order valence-electron chi connectivity index (χ0n) is 24.8. The number of carbonyl (C=O) groups is 8. The number of hydrogen-bond acceptors (Lipinski definition) is 10. The Kier molecular flexibility index (Phi) is 14.5. The molecule has 11 N–H and O–H groups in total. The fraction of sp³-hybridized carbons (Fsp3) is 0.500. The van der Waals surface area contributed by atoms with E-state index in [0.29, 0.717) is 12.0 Å². The molecule has 0 spiro atoms. The highest BCUT2D eigenvalue weighted by Gasteiger charge is 2.39. The first-order chi connectivity index (χ1) is 21.7. The quantitative estimate of drug-likeness (QED) is 0.0734. The normalized spacial score (nSPS) is 16.7. The van der Waals surface area contributed by atoms with Crippen molar-refractivity contribution in [3.05, 3.63) is 35.9 Å². The van der Waals surface area contributed by atoms with Crippen molar-refractivity contribution in [2.24, 2.45) is 11.5 Å². The van der Waals surface area contributed by atoms with E-state index in [9.17, 15) is 48.6 Å². The second kappa shape index (κ2) is 18.0. The van der Waals surface area contributed by atoms with Gasteiger partial charge in [-0.3, -0.25) is 33.6 Å². The topological polar surface area (TPSA) is 301 Å². The number of aliphatic hydroxyl groups excluding tert-OH is 1. The van der Waals surface area contributed by atoms with Crippen LogP contribution in [0.2, 0.25) is 0 Å². The lowest BCUT2D eigenvalue weighted by molar-refractivity contribution is -0.143. The Bertz CT molecular complexity index is 1290. The van der Waals surface area contributed by atoms with Crippen LogP contribution in [0.4, 0.5) is 0 Å². The summed E-state index contributed by atoms with van der Waals surface area (Å²) < 4.78 is 0. The predicted molar refractivity (Wildman–Crippen MR) is 157 cm³/mol. The molecule has 1 saturated heterocycles. The van der Waals surface area contributed by atoms with E-state index in [1.54, 1.807) is 30.3 Å². The Hall–Kier alpha value is -5.10. The first-order valence-electron chi connectivity index (χ1n) is 14.3. The summed E-state index contributed by atoms with van der Waals surface area (Å²) in [7, 11) is 0. The number of nitrogens with zero attached hydrogens (tertiary/aromatic N) is 1. The van der Waals surface area contributed by atoms with Crippen LogP contribution < -0.4 is 32.7 Å². The van der Waals surface area contributed by atoms with Crippen molar-refractivity contribution in [1.29, 1.82) is 0 Å². The van der Waals surface area contributed by atoms with Crippen molar-refractivity contribution in [3.63, 3.8) is 0 Å². The number of aliphatic carboxylic acids is 2. The van der Waals surface area contributed by atoms with Gasteiger partial charge in [-0.2, -0.15) is 0 Å². The minimum Gasteiger partial charge on any atom is -0.481 e. The molecule has 0 saturated carbocycles. The number of rotatable bonds is 18. The molecule has 18 nitrogen and oxygen atoms in total. The molecule has 2 rings (SSSR count). The van der Waals surface area contributed by atoms with Crippen molar-refractivity contribution in [2.45, 2.75) is 68.7 Å². The minimum absolute atomic E-state index is 0.0226. The zero-order valence-corrected chi connectivity index (χ0v) is 24.8. The summed E-state index contributed by atoms with van der Waals surface area (Å²) in [5.74, 6) is -7.87. The van der Waals surface area contributed by atoms with Gasteiger partial charge in [-0.25, -0.2) is 4.79 Å². The maximum atomic E-state index is 13.2. The average molecular weight is 650 g/mol. The number of likely N-dealkylation sites (tertiary alicyclic amines) is 1. The average Bonchev–Trinajstić information content (AvgIpc) is 3.50. The Morgan fingerprint density at radius 3 is 2.17 bits per heavy atom. The van der Waals surface area contributed by atoms with Gasteiger partial charge in [-0.1, -0.05) is 30.3 Å². The minimum atomic E-state index is -1.56. The smallest absolute Gasteiger partial charge is 0.326 e. The van der Waals surface area contributed by atoms with Gasteiger partial charge in [0.2, 0.25) is 35.4 Å². The van der Waals surface area contributed by atoms with Crippen molar-refractivity contribution >= 4 is 47.4 Å². The molecule has 0 aliphatic carbocycles. The molecule has 0 radical (unpaired) electrons. The Morgan fingerprint density at radius 2 is 1.59 bits per heavy atom. The van der Waals surface area contributed by atoms with Crippen LogP contribution in [0, 0.1) is 0 Å². The number of benzene rings is 1. The molecule has 5 atom stereocenters. The molecule has 0 aromatic heterocycles. The molecular formula is C28H39N7O11. The van der Waals surface area contributed by atoms with E-state index >= 15 is 0 Å². The van der Waals surface area contributed by atoms with E-state index in [2.05, 4.69) is 21.3 Å². The summed E-state index contributed by atoms with van der Waals surface area (Å²) in [4.78, 5) is 99.0. The van der Waals surface area contributed by atoms with Crippen molar-refractivity contribution in [3.8, 4) is 0 Å². The number of carboxylic acid groups (broad SMARTS) is 2. The fourth-order valence-corrected chi connectivity index (χ4v) is 4.64. The highest BCUT2D eigenvalue weighted by molar-refractivity contribution is 5.97. The lowest BCUT2D eigenvalue weighted by Crippen LogP contribution is -2.58. The maximum Gasteiger partial charge on any atom is 0.326 e. The van der Waals surface area contributed by atoms with Gasteiger partial charge in [0.25, 0.3) is 0 Å². The standard InChI is InChI=1S/C28H39N7O11/c29-16(8-9-23(39)40)24(41)34-19(14-36)27(44)35-10-4-7-20(35)26(43)33-17(12-21(30)37)25(42)31-13-22(38)32-18(28(45)46)11-15-5-2-1-3-6-15/h1-3,5-6,16-20,36H,4,7-14,29H2,(H2,30,37)(H,31,42)(H,32,38)(H,33,43)(H,34,41)(H,39,40)(H,45,46)/t16-,17-,18-,19-,20-/m0/s1. The highest BCUT2D eigenvalue weighted by Crippen LogP contribution is 2.19. The third kappa shape index (κ3) is 11.8. The van der Waals surface area contributed by atoms with Crippen LogP contribution in [0.25, 0.3) is 0 Å². The van der Waals surface area contributed by atoms with E-state index in [4.69, 9.17) is 16.6 Å². The Balaban J connectivity index is 2.01. The summed E-state index contributed by atoms with van der Waals surface area (Å²) in [6, 6.07) is 1.71. The largest absolute Gasteiger partial charge is 0.481 e. The Morgan fingerprint density at radius 1 is 0.913 bits per heavy atom. The summed E-state index contributed by atoms with van der Waals surface area (Å²) in [6.07, 6.45) is -0.842. The molecular weight excluding hydrogens is 610 g/mol. The van der Waals surface area contributed by atoms with Gasteiger partial charge in [0.15, 0.2) is 0 Å². The number of hydrogen-bond donors (Lipinski definition) is 9. The van der Waals surface area contributed by atoms with E-state index < -0.39 is 104 Å². The third-order valence-electron chi connectivity index (χ3n) is 7.02. The van der Waals surface area contributed by atoms with Gasteiger partial charge in [-0.05, 0) is 24.8 Å². The van der Waals surface area contributed by atoms with Crippen LogP contribution in [0.5, 0.6) is 0 Å². The number of amides is 6. The van der Waals surface area contributed by atoms with Crippen molar-refractivity contribution < 1.29 is 53.7 Å². The second-order valence-corrected chi connectivity index (χ2v) is 10.6. The van der Waals surface area contributed by atoms with Gasteiger partial charge in [0.05, 0.1) is 25.6 Å². The number of nitrogens with one attached hydrogen (secondary N) is 4. The molecule has 0 unspecified atom stereocenters. The lowest BCUT2D eigenvalue weighted by atomic mass is 10.1. The third-order valence-corrected chi connectivity index (χ3v) is 7.02. The van der Waals surface area contributed by atoms with E-state index in [0.717, 1.165) is 4.90 Å². The first-order valence-corrected chi connectivity index (χ1v) is 14.3. The number of aliphatic hydroxyl groups is 1. The number of carboxylic acids is 2. The SMILES string of the molecule is NC(=O)C[C@H](NC(=O)[C@@H]1CCCN1C(=O)[C@H](CO)NC(=O)[C@@H](N)CCC(=O)O)C(=O)NCC(=O)N[C@@H](Cc1ccccc1)C(=O)O. The predicted octanol–water partition coefficient (Wildman–Crippen LogP) is -4.06. The molecule has 1 aliphatic heterocycles. The van der Waals surface area contributed by atoms with Crippen LogP contribution >= 0.6 is 0 Å². The lowest BCUT2D eigenvalue weighted by Gasteiger charge is -2.29. The Labute approximate surface area is 263 Å². The fourth-order valence-electron chi connectivity index (χ4n) is 4.64. The van der Waals surface area contributed by atoms with Gasteiger partial charge in [-0.15, -0.1) is 0 Å². The summed E-state index contributed by atoms with van der Waals surface area (Å²) in [5.41, 5.74) is 11.5. The van der Waals surface area contributed by atoms with Crippen LogP contribution in [0.3, 0.4) is 0 Å². The van der Waals surface area contributed by atoms with Crippen LogP contribution in [0.15, 0.2) is 30.3 Å². The monoisotopic (exact) mass is 649 g/mol. The maximum absolute atomic E-state index is 13.2. The molecule has 1 aromatic carbocycles. The van der Waals surface area contributed by atoms with Gasteiger partial charge < -0.3 is 53.0 Å². The molecule has 1 aliphatic rings. The second-order valence-electron chi connectivity index (χ2n) is 10.6. The number of nitrogens with two attached hydrogens (primary N) is 2. The summed E-state index contributed by atoms with van der Waals surface area (Å²) in [5, 5.41) is 37.1. The summed E-state index contributed by atoms with van der Waals surface area (Å²) in [6.45, 7) is -1.50. The van der Waals surface area contributed by atoms with E-state index in [1.165, 1.54) is 0 Å². The molecule has 1 fully saturated rings. The van der Waals surface area contributed by atoms with Gasteiger partial charge in [0, 0.05) is 19.4 Å². The zero-order chi connectivity index (χ0) is 34.4. The van der Waals surface area contributed by atoms with Gasteiger partial charge >= 0.3 is 11.9 Å². The van der Waals surface area contributed by atoms with Crippen molar-refractivity contribution in [2.75, 3.05) is 19.7 Å². The molecule has 252 valence electrons. The molecule has 18 heteroatoms. The molecule has 1 heterocycles. The summed E-state index contributed by atoms with van der Waals surface area (Å²) >= 11 is 0. The molecule has 0 bridgehead atoms. The molecule has 46 heavy (non-hydrogen) atoms. The number of primary amides is 1. The highest BCUT2D eigenvalue weighted by atomic mass is 16.4. The molecule has 1 aromatic rings. The van der Waals surface area contributed by atoms with E-state index in [-0.39, 0.29) is 25.8 Å². The van der Waals surface area contributed by atoms with E-state index in [1.807, 2.05) is 0 Å². The van der Waals surface area contributed by atoms with Crippen LogP contribution in [0.1, 0.15) is 37.7 Å². The first kappa shape index (κ1) is 37.1. The van der Waals surface area contributed by atoms with Crippen molar-refractivity contribution in [1.82, 2.24) is 26.2 Å². The van der Waals surface area contributed by atoms with Gasteiger partial charge in [0.1, 0.15) is 24.2 Å². The van der Waals surface area contributed by atoms with Crippen LogP contribution in [-0.4, -0.2) is 118 Å². The van der Waals surface area contributed by atoms with Crippen LogP contribution in [-0.2, 0) is 44.8 Å². The molecule has 6 amide bonds.